The SMILES string of the molecule is C\C=C(/C=C\C(=C/CC)C(C)(F)F)C(CCC)CC(=O)CCC. The summed E-state index contributed by atoms with van der Waals surface area (Å²) in [5.41, 5.74) is 1.01. The first-order chi connectivity index (χ1) is 10.8. The third-order valence-electron chi connectivity index (χ3n) is 3.83. The van der Waals surface area contributed by atoms with Gasteiger partial charge in [-0.1, -0.05) is 51.5 Å². The maximum Gasteiger partial charge on any atom is 0.270 e. The standard InChI is InChI=1S/C20H32F2O/c1-6-10-17(15-19(23)12-8-3)16(9-4)13-14-18(11-7-2)20(5,21)22/h9,11,13-14,17H,6-8,10,12,15H2,1-5H3/b14-13-,16-9+,18-11+. The van der Waals surface area contributed by atoms with Crippen molar-refractivity contribution in [1.29, 1.82) is 0 Å². The molecule has 3 heteroatoms. The Morgan fingerprint density at radius 2 is 1.78 bits per heavy atom. The average Bonchev–Trinajstić information content (AvgIpc) is 2.45. The van der Waals surface area contributed by atoms with Crippen molar-refractivity contribution >= 4 is 5.78 Å². The highest BCUT2D eigenvalue weighted by atomic mass is 19.3. The number of ketones is 1. The van der Waals surface area contributed by atoms with E-state index in [0.717, 1.165) is 31.8 Å². The zero-order valence-electron chi connectivity index (χ0n) is 15.3. The van der Waals surface area contributed by atoms with E-state index in [-0.39, 0.29) is 17.3 Å². The number of allylic oxidation sites excluding steroid dienone is 6. The normalized spacial score (nSPS) is 15.3. The Morgan fingerprint density at radius 1 is 1.13 bits per heavy atom. The number of alkyl halides is 2. The second kappa shape index (κ2) is 11.3. The largest absolute Gasteiger partial charge is 0.300 e. The molecule has 132 valence electrons. The molecule has 0 radical (unpaired) electrons. The maximum absolute atomic E-state index is 13.6. The quantitative estimate of drug-likeness (QED) is 0.388. The Labute approximate surface area is 140 Å². The van der Waals surface area contributed by atoms with Crippen LogP contribution in [0, 0.1) is 5.92 Å². The van der Waals surface area contributed by atoms with Gasteiger partial charge in [-0.2, -0.15) is 0 Å². The minimum atomic E-state index is -2.84. The van der Waals surface area contributed by atoms with Gasteiger partial charge in [-0.3, -0.25) is 4.79 Å². The van der Waals surface area contributed by atoms with Gasteiger partial charge in [0, 0.05) is 25.3 Å². The van der Waals surface area contributed by atoms with Crippen LogP contribution >= 0.6 is 0 Å². The summed E-state index contributed by atoms with van der Waals surface area (Å²) in [6, 6.07) is 0. The molecule has 0 saturated carbocycles. The Hall–Kier alpha value is -1.25. The molecule has 1 unspecified atom stereocenters. The molecular formula is C20H32F2O. The van der Waals surface area contributed by atoms with Crippen molar-refractivity contribution in [2.45, 2.75) is 79.1 Å². The van der Waals surface area contributed by atoms with Crippen LogP contribution in [0.5, 0.6) is 0 Å². The molecule has 0 amide bonds. The van der Waals surface area contributed by atoms with Gasteiger partial charge in [0.05, 0.1) is 0 Å². The van der Waals surface area contributed by atoms with Crippen LogP contribution in [0.25, 0.3) is 0 Å². The van der Waals surface area contributed by atoms with Crippen molar-refractivity contribution in [3.05, 3.63) is 35.5 Å². The third kappa shape index (κ3) is 8.83. The van der Waals surface area contributed by atoms with Crippen LogP contribution in [0.2, 0.25) is 0 Å². The predicted molar refractivity (Wildman–Crippen MR) is 94.8 cm³/mol. The Balaban J connectivity index is 5.24. The van der Waals surface area contributed by atoms with Gasteiger partial charge >= 0.3 is 0 Å². The summed E-state index contributed by atoms with van der Waals surface area (Å²) >= 11 is 0. The zero-order valence-corrected chi connectivity index (χ0v) is 15.3. The second-order valence-electron chi connectivity index (χ2n) is 6.06. The molecule has 1 atom stereocenters. The highest BCUT2D eigenvalue weighted by Crippen LogP contribution is 2.28. The number of rotatable bonds is 11. The van der Waals surface area contributed by atoms with Crippen LogP contribution in [0.4, 0.5) is 8.78 Å². The van der Waals surface area contributed by atoms with E-state index in [2.05, 4.69) is 6.92 Å². The minimum absolute atomic E-state index is 0.0366. The maximum atomic E-state index is 13.6. The Bertz CT molecular complexity index is 439. The molecule has 0 bridgehead atoms. The van der Waals surface area contributed by atoms with Gasteiger partial charge in [-0.25, -0.2) is 8.78 Å². The number of hydrogen-bond donors (Lipinski definition) is 0. The van der Waals surface area contributed by atoms with E-state index in [1.54, 1.807) is 12.2 Å². The predicted octanol–water partition coefficient (Wildman–Crippen LogP) is 6.66. The van der Waals surface area contributed by atoms with Crippen molar-refractivity contribution in [2.24, 2.45) is 5.92 Å². The Morgan fingerprint density at radius 3 is 2.22 bits per heavy atom. The van der Waals surface area contributed by atoms with Gasteiger partial charge in [0.25, 0.3) is 5.92 Å². The van der Waals surface area contributed by atoms with Crippen LogP contribution in [-0.4, -0.2) is 11.7 Å². The molecule has 0 saturated heterocycles. The van der Waals surface area contributed by atoms with E-state index in [1.165, 1.54) is 6.08 Å². The lowest BCUT2D eigenvalue weighted by Gasteiger charge is -2.18. The monoisotopic (exact) mass is 326 g/mol. The van der Waals surface area contributed by atoms with E-state index in [4.69, 9.17) is 0 Å². The summed E-state index contributed by atoms with van der Waals surface area (Å²) in [5.74, 6) is -2.47. The second-order valence-corrected chi connectivity index (χ2v) is 6.06. The number of Topliss-reactive ketones (excluding diaryl/α,β-unsaturated/α-hetero) is 1. The Kier molecular flexibility index (Phi) is 10.7. The fourth-order valence-corrected chi connectivity index (χ4v) is 2.66. The molecule has 0 N–H and O–H groups in total. The van der Waals surface area contributed by atoms with Crippen LogP contribution in [-0.2, 0) is 4.79 Å². The molecule has 0 aromatic heterocycles. The van der Waals surface area contributed by atoms with Gasteiger partial charge in [-0.15, -0.1) is 0 Å². The average molecular weight is 326 g/mol. The number of carbonyl (C=O) groups is 1. The third-order valence-corrected chi connectivity index (χ3v) is 3.83. The van der Waals surface area contributed by atoms with E-state index >= 15 is 0 Å². The first-order valence-corrected chi connectivity index (χ1v) is 8.74. The lowest BCUT2D eigenvalue weighted by molar-refractivity contribution is -0.119. The van der Waals surface area contributed by atoms with Crippen molar-refractivity contribution in [3.63, 3.8) is 0 Å². The number of hydrogen-bond acceptors (Lipinski definition) is 1. The molecule has 0 aromatic rings. The van der Waals surface area contributed by atoms with Gasteiger partial charge in [-0.05, 0) is 37.7 Å². The van der Waals surface area contributed by atoms with Crippen LogP contribution in [0.3, 0.4) is 0 Å². The van der Waals surface area contributed by atoms with Crippen molar-refractivity contribution in [2.75, 3.05) is 0 Å². The van der Waals surface area contributed by atoms with Gasteiger partial charge < -0.3 is 0 Å². The first kappa shape index (κ1) is 21.8. The molecule has 0 aliphatic heterocycles. The highest BCUT2D eigenvalue weighted by Gasteiger charge is 2.25. The summed E-state index contributed by atoms with van der Waals surface area (Å²) in [7, 11) is 0. The molecule has 1 nitrogen and oxygen atoms in total. The fraction of sp³-hybridized carbons (Fsp3) is 0.650. The zero-order chi connectivity index (χ0) is 17.9. The summed E-state index contributed by atoms with van der Waals surface area (Å²) in [6.45, 7) is 8.74. The van der Waals surface area contributed by atoms with Gasteiger partial charge in [0.1, 0.15) is 5.78 Å². The molecule has 0 heterocycles. The van der Waals surface area contributed by atoms with Crippen molar-refractivity contribution in [1.82, 2.24) is 0 Å². The molecule has 0 rings (SSSR count). The molecule has 0 spiro atoms. The van der Waals surface area contributed by atoms with Gasteiger partial charge in [0.2, 0.25) is 0 Å². The van der Waals surface area contributed by atoms with E-state index in [1.807, 2.05) is 26.8 Å². The highest BCUT2D eigenvalue weighted by molar-refractivity contribution is 5.79. The fourth-order valence-electron chi connectivity index (χ4n) is 2.66. The molecule has 0 aliphatic carbocycles. The van der Waals surface area contributed by atoms with Crippen molar-refractivity contribution in [3.8, 4) is 0 Å². The van der Waals surface area contributed by atoms with Crippen LogP contribution < -0.4 is 0 Å². The van der Waals surface area contributed by atoms with E-state index in [0.29, 0.717) is 19.3 Å². The summed E-state index contributed by atoms with van der Waals surface area (Å²) in [6.07, 6.45) is 11.1. The summed E-state index contributed by atoms with van der Waals surface area (Å²) in [5, 5.41) is 0. The number of halogens is 2. The first-order valence-electron chi connectivity index (χ1n) is 8.74. The topological polar surface area (TPSA) is 17.1 Å². The van der Waals surface area contributed by atoms with E-state index in [9.17, 15) is 13.6 Å². The smallest absolute Gasteiger partial charge is 0.270 e. The molecule has 0 aliphatic rings. The molecule has 0 aromatic carbocycles. The molecule has 0 fully saturated rings. The summed E-state index contributed by atoms with van der Waals surface area (Å²) < 4.78 is 27.2. The summed E-state index contributed by atoms with van der Waals surface area (Å²) in [4.78, 5) is 12.0. The molecular weight excluding hydrogens is 294 g/mol. The van der Waals surface area contributed by atoms with Crippen LogP contribution in [0.15, 0.2) is 35.5 Å². The van der Waals surface area contributed by atoms with Crippen molar-refractivity contribution < 1.29 is 13.6 Å². The molecule has 23 heavy (non-hydrogen) atoms. The number of carbonyl (C=O) groups excluding carboxylic acids is 1. The van der Waals surface area contributed by atoms with Gasteiger partial charge in [0.15, 0.2) is 0 Å². The van der Waals surface area contributed by atoms with Crippen LogP contribution in [0.1, 0.15) is 73.1 Å². The minimum Gasteiger partial charge on any atom is -0.300 e. The lowest BCUT2D eigenvalue weighted by Crippen LogP contribution is -2.13. The lowest BCUT2D eigenvalue weighted by atomic mass is 9.87. The van der Waals surface area contributed by atoms with E-state index < -0.39 is 5.92 Å².